The number of hydrogen-bond acceptors (Lipinski definition) is 11. The molecule has 0 bridgehead atoms. The molecule has 0 radical (unpaired) electrons. The average Bonchev–Trinajstić information content (AvgIpc) is 3.37. The lowest BCUT2D eigenvalue weighted by molar-refractivity contribution is -0.105. The molecule has 3 aromatic heterocycles. The van der Waals surface area contributed by atoms with E-state index in [0.717, 1.165) is 49.2 Å². The third-order valence-electron chi connectivity index (χ3n) is 6.40. The molecule has 0 aromatic carbocycles. The second-order valence-corrected chi connectivity index (χ2v) is 10.7. The number of carbonyl (C=O) groups is 1. The molecule has 5 heterocycles. The number of likely N-dealkylation sites (tertiary alicyclic amines) is 1. The van der Waals surface area contributed by atoms with Gasteiger partial charge in [0.2, 0.25) is 24.3 Å². The molecule has 0 spiro atoms. The summed E-state index contributed by atoms with van der Waals surface area (Å²) in [5.74, 6) is 3.35. The summed E-state index contributed by atoms with van der Waals surface area (Å²) < 4.78 is 0. The van der Waals surface area contributed by atoms with Crippen molar-refractivity contribution in [3.8, 4) is 12.8 Å². The van der Waals surface area contributed by atoms with Crippen molar-refractivity contribution < 1.29 is 4.79 Å². The molecule has 2 saturated heterocycles. The maximum Gasteiger partial charge on any atom is 0.235 e. The minimum Gasteiger partial charge on any atom is -0.350 e. The minimum absolute atomic E-state index is 0.378. The molecular weight excluding hydrogens is 526 g/mol. The zero-order valence-corrected chi connectivity index (χ0v) is 24.1. The number of aromatic amines is 1. The highest BCUT2D eigenvalue weighted by molar-refractivity contribution is 7.15. The molecule has 13 heteroatoms. The van der Waals surface area contributed by atoms with Crippen molar-refractivity contribution in [1.29, 1.82) is 0 Å². The smallest absolute Gasteiger partial charge is 0.235 e. The van der Waals surface area contributed by atoms with E-state index in [4.69, 9.17) is 4.98 Å². The summed E-state index contributed by atoms with van der Waals surface area (Å²) in [4.78, 5) is 33.3. The van der Waals surface area contributed by atoms with Crippen LogP contribution in [-0.4, -0.2) is 80.7 Å². The van der Waals surface area contributed by atoms with Crippen LogP contribution in [0.5, 0.6) is 0 Å². The van der Waals surface area contributed by atoms with E-state index in [1.54, 1.807) is 6.20 Å². The summed E-state index contributed by atoms with van der Waals surface area (Å²) >= 11 is 1.46. The van der Waals surface area contributed by atoms with Gasteiger partial charge in [-0.15, -0.1) is 37.3 Å². The Morgan fingerprint density at radius 2 is 1.82 bits per heavy atom. The Morgan fingerprint density at radius 3 is 2.42 bits per heavy atom. The standard InChI is InChI=1S/C18H27N9.C5H6N2OS.C2H4.C2H2/c1-26-9-6-13(11-26)19-16-21-17(23-18(22-16)27-7-2-3-8-27)20-15-10-14(24-25-15)12-4-5-12;1-4-2-6-5(9-4)7-3-8;2*1-2/h10,12-13H,2-9,11H2,1H3,(H3,19,20,21,22,23,24,25);2-3H,1H3,(H,6,7,8);1-2H2;1-2H. The lowest BCUT2D eigenvalue weighted by Gasteiger charge is -2.18. The quantitative estimate of drug-likeness (QED) is 0.180. The van der Waals surface area contributed by atoms with E-state index >= 15 is 0 Å². The van der Waals surface area contributed by atoms with Crippen LogP contribution < -0.4 is 20.9 Å². The molecule has 3 fully saturated rings. The minimum atomic E-state index is 0.378. The third kappa shape index (κ3) is 9.03. The Kier molecular flexibility index (Phi) is 11.9. The number of nitrogens with zero attached hydrogens (tertiary/aromatic N) is 7. The molecular formula is C27H39N11OS. The first-order chi connectivity index (χ1) is 19.6. The fourth-order valence-electron chi connectivity index (χ4n) is 4.37. The van der Waals surface area contributed by atoms with Crippen LogP contribution in [0.2, 0.25) is 0 Å². The lowest BCUT2D eigenvalue weighted by Crippen LogP contribution is -2.26. The van der Waals surface area contributed by atoms with Gasteiger partial charge in [-0.3, -0.25) is 9.89 Å². The summed E-state index contributed by atoms with van der Waals surface area (Å²) in [6.07, 6.45) is 16.3. The number of amides is 1. The van der Waals surface area contributed by atoms with E-state index in [1.807, 2.05) is 6.92 Å². The van der Waals surface area contributed by atoms with E-state index in [9.17, 15) is 4.79 Å². The highest BCUT2D eigenvalue weighted by Crippen LogP contribution is 2.39. The van der Waals surface area contributed by atoms with E-state index in [1.165, 1.54) is 42.7 Å². The zero-order chi connectivity index (χ0) is 28.9. The van der Waals surface area contributed by atoms with Crippen molar-refractivity contribution in [3.05, 3.63) is 36.0 Å². The molecule has 4 N–H and O–H groups in total. The van der Waals surface area contributed by atoms with Crippen molar-refractivity contribution in [2.24, 2.45) is 0 Å². The predicted molar refractivity (Wildman–Crippen MR) is 162 cm³/mol. The normalized spacial score (nSPS) is 17.8. The van der Waals surface area contributed by atoms with Crippen LogP contribution >= 0.6 is 11.3 Å². The molecule has 214 valence electrons. The van der Waals surface area contributed by atoms with Gasteiger partial charge in [-0.25, -0.2) is 4.98 Å². The van der Waals surface area contributed by atoms with Crippen LogP contribution in [0.3, 0.4) is 0 Å². The number of hydrogen-bond donors (Lipinski definition) is 4. The third-order valence-corrected chi connectivity index (χ3v) is 7.24. The number of aromatic nitrogens is 6. The number of carbonyl (C=O) groups excluding carboxylic acids is 1. The highest BCUT2D eigenvalue weighted by atomic mass is 32.1. The van der Waals surface area contributed by atoms with Crippen molar-refractivity contribution >= 4 is 46.5 Å². The van der Waals surface area contributed by atoms with Gasteiger partial charge in [-0.2, -0.15) is 20.1 Å². The Bertz CT molecular complexity index is 1220. The van der Waals surface area contributed by atoms with Gasteiger partial charge in [-0.05, 0) is 52.6 Å². The topological polar surface area (TPSA) is 140 Å². The van der Waals surface area contributed by atoms with Crippen molar-refractivity contribution in [1.82, 2.24) is 35.0 Å². The first-order valence-corrected chi connectivity index (χ1v) is 14.1. The molecule has 3 aliphatic rings. The van der Waals surface area contributed by atoms with Crippen LogP contribution in [0, 0.1) is 19.8 Å². The number of likely N-dealkylation sites (N-methyl/N-ethyl adjacent to an activating group) is 1. The summed E-state index contributed by atoms with van der Waals surface area (Å²) in [5.41, 5.74) is 1.19. The molecule has 1 saturated carbocycles. The SMILES string of the molecule is C#C.C=C.CN1CCC(Nc2nc(Nc3cc(C4CC4)[nH]n3)nc(N3CCCC3)n2)C1.Cc1cnc(NC=O)s1. The molecule has 1 atom stereocenters. The van der Waals surface area contributed by atoms with Crippen molar-refractivity contribution in [2.45, 2.75) is 51.0 Å². The number of nitrogens with one attached hydrogen (secondary N) is 4. The molecule has 40 heavy (non-hydrogen) atoms. The first-order valence-electron chi connectivity index (χ1n) is 13.3. The first kappa shape index (κ1) is 30.5. The summed E-state index contributed by atoms with van der Waals surface area (Å²) in [7, 11) is 2.15. The van der Waals surface area contributed by atoms with Gasteiger partial charge < -0.3 is 25.8 Å². The maximum atomic E-state index is 9.84. The average molecular weight is 566 g/mol. The zero-order valence-electron chi connectivity index (χ0n) is 23.3. The van der Waals surface area contributed by atoms with Gasteiger partial charge in [0.1, 0.15) is 0 Å². The molecule has 6 rings (SSSR count). The largest absolute Gasteiger partial charge is 0.350 e. The van der Waals surface area contributed by atoms with E-state index < -0.39 is 0 Å². The molecule has 1 unspecified atom stereocenters. The fourth-order valence-corrected chi connectivity index (χ4v) is 4.99. The molecule has 12 nitrogen and oxygen atoms in total. The Hall–Kier alpha value is -4.02. The van der Waals surface area contributed by atoms with Crippen LogP contribution in [0.25, 0.3) is 0 Å². The fraction of sp³-hybridized carbons (Fsp3) is 0.481. The number of aryl methyl sites for hydroxylation is 1. The van der Waals surface area contributed by atoms with Crippen LogP contribution in [0.4, 0.5) is 28.8 Å². The van der Waals surface area contributed by atoms with Crippen LogP contribution in [0.1, 0.15) is 48.6 Å². The van der Waals surface area contributed by atoms with Gasteiger partial charge in [-0.1, -0.05) is 0 Å². The second kappa shape index (κ2) is 15.5. The monoisotopic (exact) mass is 565 g/mol. The van der Waals surface area contributed by atoms with Gasteiger partial charge in [0.05, 0.1) is 0 Å². The maximum absolute atomic E-state index is 9.84. The number of rotatable bonds is 8. The number of H-pyrrole nitrogens is 1. The second-order valence-electron chi connectivity index (χ2n) is 9.52. The Balaban J connectivity index is 0.000000286. The van der Waals surface area contributed by atoms with Gasteiger partial charge in [0, 0.05) is 54.4 Å². The Labute approximate surface area is 240 Å². The predicted octanol–water partition coefficient (Wildman–Crippen LogP) is 4.00. The van der Waals surface area contributed by atoms with Gasteiger partial charge >= 0.3 is 0 Å². The van der Waals surface area contributed by atoms with E-state index in [-0.39, 0.29) is 0 Å². The van der Waals surface area contributed by atoms with Crippen LogP contribution in [-0.2, 0) is 4.79 Å². The van der Waals surface area contributed by atoms with E-state index in [2.05, 4.69) is 90.0 Å². The number of thiazole rings is 1. The Morgan fingerprint density at radius 1 is 1.10 bits per heavy atom. The molecule has 2 aliphatic heterocycles. The molecule has 1 aliphatic carbocycles. The number of anilines is 5. The molecule has 1 amide bonds. The summed E-state index contributed by atoms with van der Waals surface area (Å²) in [5, 5.41) is 17.4. The van der Waals surface area contributed by atoms with E-state index in [0.29, 0.717) is 35.4 Å². The highest BCUT2D eigenvalue weighted by Gasteiger charge is 2.26. The van der Waals surface area contributed by atoms with Gasteiger partial charge in [0.15, 0.2) is 10.9 Å². The molecule has 3 aromatic rings. The van der Waals surface area contributed by atoms with Crippen molar-refractivity contribution in [3.63, 3.8) is 0 Å². The van der Waals surface area contributed by atoms with Gasteiger partial charge in [0.25, 0.3) is 0 Å². The number of terminal acetylenes is 1. The summed E-state index contributed by atoms with van der Waals surface area (Å²) in [6.45, 7) is 12.1. The summed E-state index contributed by atoms with van der Waals surface area (Å²) in [6, 6.07) is 2.44. The van der Waals surface area contributed by atoms with Crippen molar-refractivity contribution in [2.75, 3.05) is 54.1 Å². The van der Waals surface area contributed by atoms with Crippen LogP contribution in [0.15, 0.2) is 25.4 Å². The lowest BCUT2D eigenvalue weighted by atomic mass is 10.3.